The van der Waals surface area contributed by atoms with E-state index in [0.717, 1.165) is 19.6 Å². The third kappa shape index (κ3) is 9.90. The van der Waals surface area contributed by atoms with Crippen LogP contribution in [-0.4, -0.2) is 29.5 Å². The Morgan fingerprint density at radius 3 is 1.39 bits per heavy atom. The smallest absolute Gasteiger partial charge is 0.109 e. The molecule has 0 aliphatic carbocycles. The van der Waals surface area contributed by atoms with Crippen molar-refractivity contribution in [1.29, 1.82) is 0 Å². The van der Waals surface area contributed by atoms with Crippen LogP contribution in [-0.2, 0) is 0 Å². The lowest BCUT2D eigenvalue weighted by atomic mass is 10.1. The number of rotatable bonds is 13. The molecular formula is C16H36NO+. The fourth-order valence-electron chi connectivity index (χ4n) is 2.43. The minimum absolute atomic E-state index is 0.261. The zero-order valence-corrected chi connectivity index (χ0v) is 13.1. The average molecular weight is 258 g/mol. The molecule has 0 fully saturated rings. The molecule has 0 aromatic rings. The molecule has 0 atom stereocenters. The van der Waals surface area contributed by atoms with Crippen LogP contribution in [0.2, 0.25) is 0 Å². The second-order valence-corrected chi connectivity index (χ2v) is 5.63. The molecule has 0 radical (unpaired) electrons. The maximum absolute atomic E-state index is 10.1. The summed E-state index contributed by atoms with van der Waals surface area (Å²) in [7, 11) is 0. The molecule has 0 heterocycles. The van der Waals surface area contributed by atoms with Crippen molar-refractivity contribution in [3.05, 3.63) is 0 Å². The van der Waals surface area contributed by atoms with Gasteiger partial charge in [-0.05, 0) is 26.7 Å². The molecule has 18 heavy (non-hydrogen) atoms. The average Bonchev–Trinajstić information content (AvgIpc) is 2.40. The van der Waals surface area contributed by atoms with Gasteiger partial charge in [-0.25, -0.2) is 5.21 Å². The molecule has 0 unspecified atom stereocenters. The molecule has 0 saturated heterocycles. The van der Waals surface area contributed by atoms with Gasteiger partial charge in [0.25, 0.3) is 0 Å². The van der Waals surface area contributed by atoms with Crippen molar-refractivity contribution in [2.75, 3.05) is 19.6 Å². The Hall–Kier alpha value is -0.0800. The van der Waals surface area contributed by atoms with Gasteiger partial charge in [0.05, 0.1) is 0 Å². The predicted octanol–water partition coefficient (Wildman–Crippen LogP) is 5.15. The van der Waals surface area contributed by atoms with Crippen molar-refractivity contribution in [2.45, 2.75) is 85.0 Å². The van der Waals surface area contributed by atoms with E-state index < -0.39 is 0 Å². The molecule has 0 spiro atoms. The molecule has 2 heteroatoms. The summed E-state index contributed by atoms with van der Waals surface area (Å²) < 4.78 is 0.261. The van der Waals surface area contributed by atoms with Crippen molar-refractivity contribution in [3.8, 4) is 0 Å². The van der Waals surface area contributed by atoms with Crippen LogP contribution in [0.3, 0.4) is 0 Å². The Kier molecular flexibility index (Phi) is 11.9. The summed E-state index contributed by atoms with van der Waals surface area (Å²) in [6, 6.07) is 0. The number of unbranched alkanes of at least 4 members (excludes halogenated alkanes) is 9. The lowest BCUT2D eigenvalue weighted by molar-refractivity contribution is -1.10. The number of quaternary nitrogens is 1. The SMILES string of the molecule is CCCCCCCCCCCC[N+](O)(CC)CC. The van der Waals surface area contributed by atoms with Gasteiger partial charge in [0, 0.05) is 0 Å². The second kappa shape index (κ2) is 12.0. The second-order valence-electron chi connectivity index (χ2n) is 5.63. The molecule has 0 bridgehead atoms. The fraction of sp³-hybridized carbons (Fsp3) is 1.00. The Labute approximate surface area is 115 Å². The summed E-state index contributed by atoms with van der Waals surface area (Å²) in [5.41, 5.74) is 0. The molecule has 0 amide bonds. The van der Waals surface area contributed by atoms with Crippen LogP contribution in [0.15, 0.2) is 0 Å². The maximum Gasteiger partial charge on any atom is 0.109 e. The van der Waals surface area contributed by atoms with E-state index in [4.69, 9.17) is 0 Å². The van der Waals surface area contributed by atoms with Crippen molar-refractivity contribution in [2.24, 2.45) is 0 Å². The van der Waals surface area contributed by atoms with Crippen LogP contribution in [0.1, 0.15) is 85.0 Å². The minimum Gasteiger partial charge on any atom is -0.217 e. The molecule has 0 rings (SSSR count). The Morgan fingerprint density at radius 1 is 0.611 bits per heavy atom. The van der Waals surface area contributed by atoms with Crippen LogP contribution in [0.5, 0.6) is 0 Å². The van der Waals surface area contributed by atoms with Crippen LogP contribution in [0.4, 0.5) is 0 Å². The van der Waals surface area contributed by atoms with E-state index in [1.54, 1.807) is 0 Å². The number of nitrogens with zero attached hydrogens (tertiary/aromatic N) is 1. The Morgan fingerprint density at radius 2 is 1.00 bits per heavy atom. The van der Waals surface area contributed by atoms with Gasteiger partial charge >= 0.3 is 0 Å². The molecule has 0 aliphatic heterocycles. The quantitative estimate of drug-likeness (QED) is 0.275. The van der Waals surface area contributed by atoms with Gasteiger partial charge in [-0.1, -0.05) is 58.3 Å². The first kappa shape index (κ1) is 17.9. The van der Waals surface area contributed by atoms with Gasteiger partial charge in [-0.3, -0.25) is 0 Å². The van der Waals surface area contributed by atoms with Crippen LogP contribution >= 0.6 is 0 Å². The zero-order chi connectivity index (χ0) is 13.7. The van der Waals surface area contributed by atoms with Gasteiger partial charge in [0.15, 0.2) is 0 Å². The Balaban J connectivity index is 3.21. The van der Waals surface area contributed by atoms with E-state index in [0.29, 0.717) is 0 Å². The normalized spacial score (nSPS) is 12.0. The predicted molar refractivity (Wildman–Crippen MR) is 79.8 cm³/mol. The van der Waals surface area contributed by atoms with E-state index in [-0.39, 0.29) is 4.65 Å². The van der Waals surface area contributed by atoms with Gasteiger partial charge in [-0.2, -0.15) is 4.65 Å². The molecule has 0 aliphatic rings. The van der Waals surface area contributed by atoms with E-state index in [1.807, 2.05) is 0 Å². The molecule has 0 saturated carbocycles. The van der Waals surface area contributed by atoms with Crippen molar-refractivity contribution < 1.29 is 9.85 Å². The standard InChI is InChI=1S/C16H36NO/c1-4-7-8-9-10-11-12-13-14-15-16-17(18,5-2)6-3/h18H,4-16H2,1-3H3/q+1. The van der Waals surface area contributed by atoms with Gasteiger partial charge in [-0.15, -0.1) is 0 Å². The van der Waals surface area contributed by atoms with E-state index in [2.05, 4.69) is 20.8 Å². The first-order valence-corrected chi connectivity index (χ1v) is 8.27. The van der Waals surface area contributed by atoms with Crippen molar-refractivity contribution in [1.82, 2.24) is 0 Å². The number of hydrogen-bond acceptors (Lipinski definition) is 1. The zero-order valence-electron chi connectivity index (χ0n) is 13.1. The highest BCUT2D eigenvalue weighted by molar-refractivity contribution is 4.47. The molecule has 1 N–H and O–H groups in total. The first-order valence-electron chi connectivity index (χ1n) is 8.27. The summed E-state index contributed by atoms with van der Waals surface area (Å²) in [5.74, 6) is 0. The molecular weight excluding hydrogens is 222 g/mol. The molecule has 0 aromatic heterocycles. The molecule has 2 nitrogen and oxygen atoms in total. The highest BCUT2D eigenvalue weighted by atomic mass is 16.5. The van der Waals surface area contributed by atoms with E-state index in [9.17, 15) is 5.21 Å². The van der Waals surface area contributed by atoms with Crippen molar-refractivity contribution >= 4 is 0 Å². The van der Waals surface area contributed by atoms with Gasteiger partial charge in [0.2, 0.25) is 0 Å². The molecule has 110 valence electrons. The first-order chi connectivity index (χ1) is 8.68. The lowest BCUT2D eigenvalue weighted by Gasteiger charge is -2.27. The lowest BCUT2D eigenvalue weighted by Crippen LogP contribution is -2.44. The summed E-state index contributed by atoms with van der Waals surface area (Å²) >= 11 is 0. The van der Waals surface area contributed by atoms with Crippen LogP contribution < -0.4 is 0 Å². The summed E-state index contributed by atoms with van der Waals surface area (Å²) in [6.07, 6.45) is 13.6. The maximum atomic E-state index is 10.1. The van der Waals surface area contributed by atoms with Crippen molar-refractivity contribution in [3.63, 3.8) is 0 Å². The summed E-state index contributed by atoms with van der Waals surface area (Å²) in [5, 5.41) is 10.1. The largest absolute Gasteiger partial charge is 0.217 e. The number of hydroxylamine groups is 3. The highest BCUT2D eigenvalue weighted by Gasteiger charge is 2.18. The summed E-state index contributed by atoms with van der Waals surface area (Å²) in [4.78, 5) is 0. The molecule has 0 aromatic carbocycles. The number of hydrogen-bond donors (Lipinski definition) is 1. The Bertz CT molecular complexity index is 166. The van der Waals surface area contributed by atoms with Gasteiger partial charge < -0.3 is 0 Å². The third-order valence-electron chi connectivity index (χ3n) is 4.11. The van der Waals surface area contributed by atoms with Gasteiger partial charge in [0.1, 0.15) is 19.6 Å². The summed E-state index contributed by atoms with van der Waals surface area (Å²) in [6.45, 7) is 9.03. The van der Waals surface area contributed by atoms with Crippen LogP contribution in [0.25, 0.3) is 0 Å². The van der Waals surface area contributed by atoms with E-state index in [1.165, 1.54) is 64.2 Å². The topological polar surface area (TPSA) is 20.2 Å². The van der Waals surface area contributed by atoms with Crippen LogP contribution in [0, 0.1) is 0 Å². The fourth-order valence-corrected chi connectivity index (χ4v) is 2.43. The van der Waals surface area contributed by atoms with E-state index >= 15 is 0 Å². The monoisotopic (exact) mass is 258 g/mol. The highest BCUT2D eigenvalue weighted by Crippen LogP contribution is 2.12. The minimum atomic E-state index is 0.261. The third-order valence-corrected chi connectivity index (χ3v) is 4.11.